The molecule has 0 spiro atoms. The van der Waals surface area contributed by atoms with E-state index in [1.54, 1.807) is 17.7 Å². The molecule has 1 aliphatic rings. The summed E-state index contributed by atoms with van der Waals surface area (Å²) in [4.78, 5) is 19.9. The quantitative estimate of drug-likeness (QED) is 0.749. The van der Waals surface area contributed by atoms with E-state index in [1.165, 1.54) is 0 Å². The summed E-state index contributed by atoms with van der Waals surface area (Å²) in [6, 6.07) is 7.67. The van der Waals surface area contributed by atoms with Crippen LogP contribution in [0.25, 0.3) is 16.9 Å². The van der Waals surface area contributed by atoms with Gasteiger partial charge < -0.3 is 15.0 Å². The Bertz CT molecular complexity index is 893. The molecule has 0 bridgehead atoms. The van der Waals surface area contributed by atoms with Gasteiger partial charge in [0.15, 0.2) is 0 Å². The van der Waals surface area contributed by atoms with Crippen molar-refractivity contribution in [3.8, 4) is 17.0 Å². The fourth-order valence-electron chi connectivity index (χ4n) is 2.87. The van der Waals surface area contributed by atoms with Crippen LogP contribution in [0.15, 0.2) is 35.3 Å². The molecule has 2 N–H and O–H groups in total. The molecule has 1 aliphatic heterocycles. The van der Waals surface area contributed by atoms with Gasteiger partial charge in [0.25, 0.3) is 0 Å². The average molecular weight is 296 g/mol. The Balaban J connectivity index is 1.89. The Morgan fingerprint density at radius 3 is 2.86 bits per heavy atom. The van der Waals surface area contributed by atoms with Gasteiger partial charge in [0.2, 0.25) is 0 Å². The summed E-state index contributed by atoms with van der Waals surface area (Å²) < 4.78 is 6.76. The lowest BCUT2D eigenvalue weighted by molar-refractivity contribution is 0.415. The van der Waals surface area contributed by atoms with Crippen LogP contribution in [0, 0.1) is 0 Å². The summed E-state index contributed by atoms with van der Waals surface area (Å²) in [5.41, 5.74) is 4.40. The van der Waals surface area contributed by atoms with Crippen LogP contribution in [-0.2, 0) is 13.0 Å². The number of benzene rings is 1. The number of aromatic amines is 1. The zero-order valence-electron chi connectivity index (χ0n) is 12.2. The van der Waals surface area contributed by atoms with Crippen molar-refractivity contribution in [2.24, 2.45) is 0 Å². The van der Waals surface area contributed by atoms with Crippen LogP contribution in [0.2, 0.25) is 0 Å². The number of rotatable bonds is 2. The van der Waals surface area contributed by atoms with Crippen molar-refractivity contribution >= 4 is 5.65 Å². The zero-order valence-corrected chi connectivity index (χ0v) is 12.2. The maximum absolute atomic E-state index is 12.2. The van der Waals surface area contributed by atoms with Crippen molar-refractivity contribution in [2.45, 2.75) is 13.0 Å². The van der Waals surface area contributed by atoms with Gasteiger partial charge in [0.05, 0.1) is 12.8 Å². The van der Waals surface area contributed by atoms with E-state index in [1.807, 2.05) is 24.3 Å². The van der Waals surface area contributed by atoms with Crippen LogP contribution in [0.4, 0.5) is 0 Å². The highest BCUT2D eigenvalue weighted by Crippen LogP contribution is 2.23. The largest absolute Gasteiger partial charge is 0.497 e. The van der Waals surface area contributed by atoms with Gasteiger partial charge in [-0.15, -0.1) is 0 Å². The predicted molar refractivity (Wildman–Crippen MR) is 83.2 cm³/mol. The van der Waals surface area contributed by atoms with E-state index in [9.17, 15) is 4.79 Å². The molecule has 0 saturated carbocycles. The van der Waals surface area contributed by atoms with Crippen molar-refractivity contribution in [2.75, 3.05) is 13.7 Å². The molecule has 0 saturated heterocycles. The predicted octanol–water partition coefficient (Wildman–Crippen LogP) is 1.34. The number of imidazole rings is 1. The Hall–Kier alpha value is -2.60. The minimum Gasteiger partial charge on any atom is -0.497 e. The lowest BCUT2D eigenvalue weighted by Crippen LogP contribution is -2.29. The van der Waals surface area contributed by atoms with E-state index in [-0.39, 0.29) is 5.69 Å². The fourth-order valence-corrected chi connectivity index (χ4v) is 2.87. The minimum absolute atomic E-state index is 0.136. The number of aromatic nitrogens is 3. The second kappa shape index (κ2) is 4.99. The van der Waals surface area contributed by atoms with Gasteiger partial charge >= 0.3 is 5.69 Å². The molecule has 22 heavy (non-hydrogen) atoms. The number of hydrogen-bond donors (Lipinski definition) is 2. The zero-order chi connectivity index (χ0) is 15.1. The van der Waals surface area contributed by atoms with Crippen molar-refractivity contribution in [3.05, 3.63) is 52.2 Å². The van der Waals surface area contributed by atoms with Gasteiger partial charge in [-0.1, -0.05) is 0 Å². The van der Waals surface area contributed by atoms with Crippen molar-refractivity contribution in [3.63, 3.8) is 0 Å². The molecular formula is C16H16N4O2. The van der Waals surface area contributed by atoms with Gasteiger partial charge in [0.1, 0.15) is 11.4 Å². The number of hydrogen-bond acceptors (Lipinski definition) is 4. The lowest BCUT2D eigenvalue weighted by atomic mass is 10.1. The van der Waals surface area contributed by atoms with Crippen LogP contribution in [0.1, 0.15) is 11.3 Å². The first kappa shape index (κ1) is 13.1. The molecule has 2 aromatic heterocycles. The second-order valence-corrected chi connectivity index (χ2v) is 5.36. The summed E-state index contributed by atoms with van der Waals surface area (Å²) in [5.74, 6) is 0.798. The van der Waals surface area contributed by atoms with Gasteiger partial charge in [-0.25, -0.2) is 9.78 Å². The van der Waals surface area contributed by atoms with E-state index in [4.69, 9.17) is 4.74 Å². The van der Waals surface area contributed by atoms with E-state index >= 15 is 0 Å². The molecule has 112 valence electrons. The highest BCUT2D eigenvalue weighted by atomic mass is 16.5. The fraction of sp³-hybridized carbons (Fsp3) is 0.250. The summed E-state index contributed by atoms with van der Waals surface area (Å²) in [5, 5.41) is 3.32. The molecule has 0 fully saturated rings. The van der Waals surface area contributed by atoms with Gasteiger partial charge in [0, 0.05) is 42.5 Å². The molecule has 1 aromatic carbocycles. The summed E-state index contributed by atoms with van der Waals surface area (Å²) in [7, 11) is 1.64. The molecule has 0 amide bonds. The van der Waals surface area contributed by atoms with Crippen LogP contribution >= 0.6 is 0 Å². The maximum Gasteiger partial charge on any atom is 0.331 e. The highest BCUT2D eigenvalue weighted by molar-refractivity contribution is 5.65. The first-order valence-corrected chi connectivity index (χ1v) is 7.24. The summed E-state index contributed by atoms with van der Waals surface area (Å²) >= 11 is 0. The van der Waals surface area contributed by atoms with Crippen LogP contribution in [0.3, 0.4) is 0 Å². The Kier molecular flexibility index (Phi) is 2.97. The molecule has 0 atom stereocenters. The molecule has 0 unspecified atom stereocenters. The number of fused-ring (bicyclic) bond motifs is 3. The van der Waals surface area contributed by atoms with Gasteiger partial charge in [-0.2, -0.15) is 0 Å². The Morgan fingerprint density at radius 1 is 1.27 bits per heavy atom. The van der Waals surface area contributed by atoms with Gasteiger partial charge in [-0.3, -0.25) is 4.40 Å². The third-order valence-corrected chi connectivity index (χ3v) is 4.06. The molecule has 3 heterocycles. The molecular weight excluding hydrogens is 280 g/mol. The highest BCUT2D eigenvalue weighted by Gasteiger charge is 2.17. The Labute approximate surface area is 126 Å². The maximum atomic E-state index is 12.2. The van der Waals surface area contributed by atoms with Crippen LogP contribution in [-0.4, -0.2) is 28.0 Å². The van der Waals surface area contributed by atoms with E-state index in [0.29, 0.717) is 0 Å². The second-order valence-electron chi connectivity index (χ2n) is 5.36. The monoisotopic (exact) mass is 296 g/mol. The van der Waals surface area contributed by atoms with Gasteiger partial charge in [-0.05, 0) is 24.3 Å². The number of nitrogens with one attached hydrogen (secondary N) is 2. The molecule has 6 heteroatoms. The van der Waals surface area contributed by atoms with E-state index < -0.39 is 0 Å². The molecule has 3 aromatic rings. The first-order chi connectivity index (χ1) is 10.8. The van der Waals surface area contributed by atoms with Crippen molar-refractivity contribution in [1.82, 2.24) is 19.7 Å². The summed E-state index contributed by atoms with van der Waals surface area (Å²) in [6.07, 6.45) is 2.61. The standard InChI is InChI=1S/C16H16N4O2/c1-22-11-4-2-10(3-5-11)14-9-20-15(18-14)12-8-17-7-6-13(12)19-16(20)21/h2-5,9,17H,6-8H2,1H3,(H,19,21). The number of ether oxygens (including phenoxy) is 1. The van der Waals surface area contributed by atoms with E-state index in [2.05, 4.69) is 15.3 Å². The number of methoxy groups -OCH3 is 1. The lowest BCUT2D eigenvalue weighted by Gasteiger charge is -2.16. The third kappa shape index (κ3) is 2.00. The topological polar surface area (TPSA) is 71.4 Å². The first-order valence-electron chi connectivity index (χ1n) is 7.24. The number of H-pyrrole nitrogens is 1. The normalized spacial score (nSPS) is 14.0. The third-order valence-electron chi connectivity index (χ3n) is 4.06. The Morgan fingerprint density at radius 2 is 2.09 bits per heavy atom. The molecule has 4 rings (SSSR count). The minimum atomic E-state index is -0.136. The molecule has 0 aliphatic carbocycles. The number of nitrogens with zero attached hydrogens (tertiary/aromatic N) is 2. The SMILES string of the molecule is COc1ccc(-c2cn3c(=O)[nH]c4c(c3n2)CNCC4)cc1. The average Bonchev–Trinajstić information content (AvgIpc) is 3.01. The van der Waals surface area contributed by atoms with Crippen molar-refractivity contribution < 1.29 is 4.74 Å². The van der Waals surface area contributed by atoms with E-state index in [0.717, 1.165) is 53.4 Å². The summed E-state index contributed by atoms with van der Waals surface area (Å²) in [6.45, 7) is 1.61. The smallest absolute Gasteiger partial charge is 0.331 e. The van der Waals surface area contributed by atoms with Crippen molar-refractivity contribution in [1.29, 1.82) is 0 Å². The molecule has 6 nitrogen and oxygen atoms in total. The van der Waals surface area contributed by atoms with Crippen LogP contribution < -0.4 is 15.7 Å². The molecule has 0 radical (unpaired) electrons. The van der Waals surface area contributed by atoms with Crippen LogP contribution in [0.5, 0.6) is 5.75 Å².